The lowest BCUT2D eigenvalue weighted by Gasteiger charge is -2.18. The van der Waals surface area contributed by atoms with Gasteiger partial charge in [0.2, 0.25) is 0 Å². The summed E-state index contributed by atoms with van der Waals surface area (Å²) in [7, 11) is 0. The number of allylic oxidation sites excluding steroid dienone is 16. The Hall–Kier alpha value is -3.67. The summed E-state index contributed by atoms with van der Waals surface area (Å²) in [6.07, 6.45) is 71.2. The van der Waals surface area contributed by atoms with Crippen LogP contribution in [0.3, 0.4) is 0 Å². The van der Waals surface area contributed by atoms with Crippen molar-refractivity contribution in [2.45, 2.75) is 252 Å². The Balaban J connectivity index is 4.47. The van der Waals surface area contributed by atoms with Gasteiger partial charge in [0.25, 0.3) is 0 Å². The van der Waals surface area contributed by atoms with Crippen LogP contribution < -0.4 is 0 Å². The maximum Gasteiger partial charge on any atom is 0.306 e. The number of carbonyl (C=O) groups excluding carboxylic acids is 3. The summed E-state index contributed by atoms with van der Waals surface area (Å²) >= 11 is 0. The van der Waals surface area contributed by atoms with E-state index in [1.807, 2.05) is 0 Å². The first-order valence-electron chi connectivity index (χ1n) is 27.3. The van der Waals surface area contributed by atoms with E-state index in [0.29, 0.717) is 19.3 Å². The van der Waals surface area contributed by atoms with Crippen molar-refractivity contribution < 1.29 is 28.6 Å². The zero-order valence-electron chi connectivity index (χ0n) is 42.9. The van der Waals surface area contributed by atoms with Crippen molar-refractivity contribution in [3.05, 3.63) is 97.2 Å². The second-order valence-electron chi connectivity index (χ2n) is 17.8. The Kier molecular flexibility index (Phi) is 50.9. The van der Waals surface area contributed by atoms with Gasteiger partial charge in [0.15, 0.2) is 6.10 Å². The molecule has 0 saturated carbocycles. The molecule has 66 heavy (non-hydrogen) atoms. The first kappa shape index (κ1) is 62.3. The number of ether oxygens (including phenoxy) is 3. The third kappa shape index (κ3) is 51.3. The van der Waals surface area contributed by atoms with Crippen LogP contribution >= 0.6 is 0 Å². The van der Waals surface area contributed by atoms with Gasteiger partial charge in [-0.3, -0.25) is 14.4 Å². The smallest absolute Gasteiger partial charge is 0.306 e. The van der Waals surface area contributed by atoms with Gasteiger partial charge in [-0.15, -0.1) is 0 Å². The summed E-state index contributed by atoms with van der Waals surface area (Å²) in [6.45, 7) is 6.41. The minimum Gasteiger partial charge on any atom is -0.462 e. The summed E-state index contributed by atoms with van der Waals surface area (Å²) in [5, 5.41) is 0. The monoisotopic (exact) mass is 917 g/mol. The molecule has 0 aliphatic carbocycles. The van der Waals surface area contributed by atoms with Crippen molar-refractivity contribution >= 4 is 17.9 Å². The summed E-state index contributed by atoms with van der Waals surface area (Å²) in [5.41, 5.74) is 0. The van der Waals surface area contributed by atoms with Gasteiger partial charge < -0.3 is 14.2 Å². The molecule has 1 unspecified atom stereocenters. The van der Waals surface area contributed by atoms with E-state index in [0.717, 1.165) is 77.0 Å². The molecule has 6 nitrogen and oxygen atoms in total. The average Bonchev–Trinajstić information content (AvgIpc) is 3.31. The number of hydrogen-bond acceptors (Lipinski definition) is 6. The molecular formula is C60H100O6. The molecule has 376 valence electrons. The molecule has 0 amide bonds. The second kappa shape index (κ2) is 53.9. The maximum absolute atomic E-state index is 12.8. The van der Waals surface area contributed by atoms with E-state index in [-0.39, 0.29) is 37.5 Å². The highest BCUT2D eigenvalue weighted by molar-refractivity contribution is 5.71. The molecule has 0 fully saturated rings. The minimum atomic E-state index is -0.821. The molecule has 0 aliphatic heterocycles. The summed E-state index contributed by atoms with van der Waals surface area (Å²) in [6, 6.07) is 0. The van der Waals surface area contributed by atoms with Gasteiger partial charge in [-0.1, -0.05) is 214 Å². The highest BCUT2D eigenvalue weighted by atomic mass is 16.6. The van der Waals surface area contributed by atoms with Gasteiger partial charge in [0.05, 0.1) is 0 Å². The van der Waals surface area contributed by atoms with Crippen LogP contribution in [0.25, 0.3) is 0 Å². The van der Waals surface area contributed by atoms with Crippen LogP contribution in [-0.2, 0) is 28.6 Å². The van der Waals surface area contributed by atoms with Crippen LogP contribution in [0.4, 0.5) is 0 Å². The van der Waals surface area contributed by atoms with Gasteiger partial charge in [0, 0.05) is 19.3 Å². The average molecular weight is 917 g/mol. The van der Waals surface area contributed by atoms with Crippen molar-refractivity contribution in [1.82, 2.24) is 0 Å². The van der Waals surface area contributed by atoms with Crippen LogP contribution in [0.2, 0.25) is 0 Å². The lowest BCUT2D eigenvalue weighted by molar-refractivity contribution is -0.167. The van der Waals surface area contributed by atoms with Crippen molar-refractivity contribution in [2.24, 2.45) is 0 Å². The highest BCUT2D eigenvalue weighted by Crippen LogP contribution is 2.14. The van der Waals surface area contributed by atoms with E-state index in [2.05, 4.69) is 118 Å². The first-order valence-corrected chi connectivity index (χ1v) is 27.3. The van der Waals surface area contributed by atoms with Crippen LogP contribution in [0, 0.1) is 0 Å². The van der Waals surface area contributed by atoms with Crippen LogP contribution in [0.1, 0.15) is 245 Å². The molecule has 6 heteroatoms. The largest absolute Gasteiger partial charge is 0.462 e. The Labute approximate surface area is 407 Å². The Bertz CT molecular complexity index is 1330. The third-order valence-electron chi connectivity index (χ3n) is 11.3. The van der Waals surface area contributed by atoms with Crippen molar-refractivity contribution in [2.75, 3.05) is 13.2 Å². The fraction of sp³-hybridized carbons (Fsp3) is 0.683. The molecule has 0 N–H and O–H groups in total. The topological polar surface area (TPSA) is 78.9 Å². The van der Waals surface area contributed by atoms with E-state index in [9.17, 15) is 14.4 Å². The SMILES string of the molecule is CC/C=C\C/C=C\C/C=C\CCCCC(=O)OCC(COC(=O)CCCCCCCCCCCC/C=C\C=C/CCCCC)OC(=O)CCC/C=C\C/C=C\C/C=C\CCCCCCCC. The van der Waals surface area contributed by atoms with Crippen molar-refractivity contribution in [1.29, 1.82) is 0 Å². The highest BCUT2D eigenvalue weighted by Gasteiger charge is 2.19. The third-order valence-corrected chi connectivity index (χ3v) is 11.3. The van der Waals surface area contributed by atoms with E-state index in [4.69, 9.17) is 14.2 Å². The molecule has 0 bridgehead atoms. The molecule has 0 radical (unpaired) electrons. The molecule has 0 aromatic rings. The van der Waals surface area contributed by atoms with Gasteiger partial charge in [-0.2, -0.15) is 0 Å². The minimum absolute atomic E-state index is 0.112. The molecule has 1 atom stereocenters. The van der Waals surface area contributed by atoms with Crippen molar-refractivity contribution in [3.63, 3.8) is 0 Å². The predicted octanol–water partition coefficient (Wildman–Crippen LogP) is 18.1. The fourth-order valence-corrected chi connectivity index (χ4v) is 7.23. The van der Waals surface area contributed by atoms with Gasteiger partial charge in [-0.05, 0) is 109 Å². The van der Waals surface area contributed by atoms with Crippen LogP contribution in [-0.4, -0.2) is 37.2 Å². The van der Waals surface area contributed by atoms with Gasteiger partial charge in [0.1, 0.15) is 13.2 Å². The Morgan fingerprint density at radius 2 is 0.652 bits per heavy atom. The van der Waals surface area contributed by atoms with Crippen LogP contribution in [0.15, 0.2) is 97.2 Å². The zero-order chi connectivity index (χ0) is 47.9. The summed E-state index contributed by atoms with van der Waals surface area (Å²) in [5.74, 6) is -1.01. The Morgan fingerprint density at radius 1 is 0.333 bits per heavy atom. The standard InChI is InChI=1S/C60H100O6/c1-4-7-10-13-16-19-22-25-27-29-30-32-33-35-38-41-44-47-50-53-59(62)65-56-57(55-64-58(61)52-49-46-43-40-37-24-21-18-15-12-9-6-3)66-60(63)54-51-48-45-42-39-36-34-31-28-26-23-20-17-14-11-8-5-2/h9,12,16,18-19,21-22,25-26,28,34,36-37,40,42,45,57H,4-8,10-11,13-15,17,20,23-24,27,29-33,35,38-39,41,43-44,46-56H2,1-3H3/b12-9-,19-16-,21-18-,25-22-,28-26-,36-34-,40-37-,45-42-. The molecule has 0 aliphatic rings. The number of esters is 3. The molecule has 0 spiro atoms. The van der Waals surface area contributed by atoms with Crippen molar-refractivity contribution in [3.8, 4) is 0 Å². The quantitative estimate of drug-likeness (QED) is 0.0199. The predicted molar refractivity (Wildman–Crippen MR) is 284 cm³/mol. The molecule has 0 heterocycles. The lowest BCUT2D eigenvalue weighted by atomic mass is 10.1. The number of carbonyl (C=O) groups is 3. The second-order valence-corrected chi connectivity index (χ2v) is 17.8. The lowest BCUT2D eigenvalue weighted by Crippen LogP contribution is -2.30. The van der Waals surface area contributed by atoms with E-state index < -0.39 is 6.10 Å². The number of unbranched alkanes of at least 4 members (excludes halogenated alkanes) is 22. The van der Waals surface area contributed by atoms with Gasteiger partial charge >= 0.3 is 17.9 Å². The summed E-state index contributed by atoms with van der Waals surface area (Å²) < 4.78 is 16.7. The molecule has 0 saturated heterocycles. The van der Waals surface area contributed by atoms with E-state index >= 15 is 0 Å². The van der Waals surface area contributed by atoms with E-state index in [1.165, 1.54) is 122 Å². The zero-order valence-corrected chi connectivity index (χ0v) is 42.9. The maximum atomic E-state index is 12.8. The number of rotatable bonds is 48. The summed E-state index contributed by atoms with van der Waals surface area (Å²) in [4.78, 5) is 38.0. The molecule has 0 aromatic carbocycles. The normalized spacial score (nSPS) is 12.8. The van der Waals surface area contributed by atoms with E-state index in [1.54, 1.807) is 0 Å². The number of hydrogen-bond donors (Lipinski definition) is 0. The molecule has 0 aromatic heterocycles. The molecular weight excluding hydrogens is 817 g/mol. The van der Waals surface area contributed by atoms with Gasteiger partial charge in [-0.25, -0.2) is 0 Å². The fourth-order valence-electron chi connectivity index (χ4n) is 7.23. The molecule has 0 rings (SSSR count). The Morgan fingerprint density at radius 3 is 1.12 bits per heavy atom. The van der Waals surface area contributed by atoms with Crippen LogP contribution in [0.5, 0.6) is 0 Å². The first-order chi connectivity index (χ1) is 32.5.